The van der Waals surface area contributed by atoms with Gasteiger partial charge in [-0.15, -0.1) is 0 Å². The van der Waals surface area contributed by atoms with Gasteiger partial charge in [0.05, 0.1) is 0 Å². The molecule has 1 aliphatic heterocycles. The number of nitrogens with two attached hydrogens (primary N) is 1. The monoisotopic (exact) mass is 326 g/mol. The average molecular weight is 327 g/mol. The molecule has 0 unspecified atom stereocenters. The Bertz CT molecular complexity index is 439. The molecule has 106 valence electrons. The number of hydrogen-bond donors (Lipinski definition) is 1. The number of piperazine rings is 1. The molecule has 0 radical (unpaired) electrons. The standard InChI is InChI=1S/C14H23BrN4/c1-11-8-13(17-9-12(11)15)18-4-6-19(7-5-18)14(2,3)10-16/h8-9H,4-7,10,16H2,1-3H3. The molecular formula is C14H23BrN4. The number of aromatic nitrogens is 1. The van der Waals surface area contributed by atoms with Crippen LogP contribution in [0.5, 0.6) is 0 Å². The lowest BCUT2D eigenvalue weighted by atomic mass is 10.0. The van der Waals surface area contributed by atoms with E-state index in [1.54, 1.807) is 0 Å². The normalized spacial score (nSPS) is 17.8. The number of rotatable bonds is 3. The van der Waals surface area contributed by atoms with E-state index in [1.807, 2.05) is 6.20 Å². The smallest absolute Gasteiger partial charge is 0.128 e. The summed E-state index contributed by atoms with van der Waals surface area (Å²) in [7, 11) is 0. The zero-order valence-electron chi connectivity index (χ0n) is 12.0. The van der Waals surface area contributed by atoms with Crippen molar-refractivity contribution in [3.8, 4) is 0 Å². The lowest BCUT2D eigenvalue weighted by molar-refractivity contribution is 0.119. The summed E-state index contributed by atoms with van der Waals surface area (Å²) < 4.78 is 1.07. The molecule has 0 atom stereocenters. The minimum Gasteiger partial charge on any atom is -0.354 e. The molecule has 4 nitrogen and oxygen atoms in total. The molecule has 0 bridgehead atoms. The van der Waals surface area contributed by atoms with Crippen molar-refractivity contribution in [3.63, 3.8) is 0 Å². The van der Waals surface area contributed by atoms with Crippen LogP contribution >= 0.6 is 15.9 Å². The molecule has 0 spiro atoms. The molecule has 1 aromatic rings. The molecule has 1 aromatic heterocycles. The van der Waals surface area contributed by atoms with Crippen molar-refractivity contribution in [3.05, 3.63) is 22.3 Å². The molecular weight excluding hydrogens is 304 g/mol. The first kappa shape index (κ1) is 14.8. The summed E-state index contributed by atoms with van der Waals surface area (Å²) in [5, 5.41) is 0. The van der Waals surface area contributed by atoms with Crippen molar-refractivity contribution < 1.29 is 0 Å². The van der Waals surface area contributed by atoms with Crippen LogP contribution in [0.2, 0.25) is 0 Å². The molecule has 1 saturated heterocycles. The van der Waals surface area contributed by atoms with Gasteiger partial charge in [0.2, 0.25) is 0 Å². The van der Waals surface area contributed by atoms with E-state index in [0.717, 1.165) is 36.5 Å². The van der Waals surface area contributed by atoms with Crippen LogP contribution in [-0.2, 0) is 0 Å². The third-order valence-corrected chi connectivity index (χ3v) is 4.82. The summed E-state index contributed by atoms with van der Waals surface area (Å²) in [4.78, 5) is 9.32. The first-order chi connectivity index (χ1) is 8.94. The highest BCUT2D eigenvalue weighted by atomic mass is 79.9. The third-order valence-electron chi connectivity index (χ3n) is 3.99. The fourth-order valence-corrected chi connectivity index (χ4v) is 2.58. The van der Waals surface area contributed by atoms with Crippen LogP contribution in [0, 0.1) is 6.92 Å². The Morgan fingerprint density at radius 2 is 1.95 bits per heavy atom. The van der Waals surface area contributed by atoms with Crippen molar-refractivity contribution in [1.29, 1.82) is 0 Å². The van der Waals surface area contributed by atoms with Crippen molar-refractivity contribution in [2.45, 2.75) is 26.3 Å². The van der Waals surface area contributed by atoms with Crippen molar-refractivity contribution in [1.82, 2.24) is 9.88 Å². The lowest BCUT2D eigenvalue weighted by Crippen LogP contribution is -2.57. The highest BCUT2D eigenvalue weighted by molar-refractivity contribution is 9.10. The minimum atomic E-state index is 0.0924. The predicted octanol–water partition coefficient (Wildman–Crippen LogP) is 2.01. The van der Waals surface area contributed by atoms with Crippen LogP contribution in [0.3, 0.4) is 0 Å². The largest absolute Gasteiger partial charge is 0.354 e. The van der Waals surface area contributed by atoms with E-state index in [-0.39, 0.29) is 5.54 Å². The van der Waals surface area contributed by atoms with Crippen LogP contribution in [-0.4, -0.2) is 48.1 Å². The third kappa shape index (κ3) is 3.27. The Kier molecular flexibility index (Phi) is 4.48. The van der Waals surface area contributed by atoms with E-state index in [0.29, 0.717) is 6.54 Å². The summed E-state index contributed by atoms with van der Waals surface area (Å²) >= 11 is 3.50. The number of halogens is 1. The van der Waals surface area contributed by atoms with E-state index >= 15 is 0 Å². The molecule has 0 saturated carbocycles. The minimum absolute atomic E-state index is 0.0924. The van der Waals surface area contributed by atoms with Gasteiger partial charge in [0.25, 0.3) is 0 Å². The summed E-state index contributed by atoms with van der Waals surface area (Å²) in [6.45, 7) is 11.3. The highest BCUT2D eigenvalue weighted by Gasteiger charge is 2.28. The van der Waals surface area contributed by atoms with Gasteiger partial charge in [-0.05, 0) is 48.3 Å². The van der Waals surface area contributed by atoms with Gasteiger partial charge in [0, 0.05) is 48.9 Å². The second-order valence-corrected chi connectivity index (χ2v) is 6.64. The van der Waals surface area contributed by atoms with Crippen LogP contribution in [0.25, 0.3) is 0 Å². The van der Waals surface area contributed by atoms with E-state index in [2.05, 4.69) is 57.6 Å². The predicted molar refractivity (Wildman–Crippen MR) is 83.6 cm³/mol. The lowest BCUT2D eigenvalue weighted by Gasteiger charge is -2.43. The summed E-state index contributed by atoms with van der Waals surface area (Å²) in [6, 6.07) is 2.15. The van der Waals surface area contributed by atoms with E-state index in [9.17, 15) is 0 Å². The fraction of sp³-hybridized carbons (Fsp3) is 0.643. The van der Waals surface area contributed by atoms with Gasteiger partial charge in [-0.25, -0.2) is 4.98 Å². The van der Waals surface area contributed by atoms with E-state index in [1.165, 1.54) is 5.56 Å². The second kappa shape index (κ2) is 5.77. The quantitative estimate of drug-likeness (QED) is 0.922. The Morgan fingerprint density at radius 3 is 2.47 bits per heavy atom. The van der Waals surface area contributed by atoms with Gasteiger partial charge in [-0.2, -0.15) is 0 Å². The molecule has 5 heteroatoms. The van der Waals surface area contributed by atoms with Gasteiger partial charge >= 0.3 is 0 Å². The zero-order chi connectivity index (χ0) is 14.0. The number of anilines is 1. The van der Waals surface area contributed by atoms with Crippen LogP contribution < -0.4 is 10.6 Å². The first-order valence-electron chi connectivity index (χ1n) is 6.76. The summed E-state index contributed by atoms with van der Waals surface area (Å²) in [5.74, 6) is 1.07. The van der Waals surface area contributed by atoms with E-state index in [4.69, 9.17) is 5.73 Å². The summed E-state index contributed by atoms with van der Waals surface area (Å²) in [6.07, 6.45) is 1.89. The number of pyridine rings is 1. The SMILES string of the molecule is Cc1cc(N2CCN(C(C)(C)CN)CC2)ncc1Br. The maximum atomic E-state index is 5.85. The van der Waals surface area contributed by atoms with Gasteiger partial charge in [-0.3, -0.25) is 4.90 Å². The molecule has 2 heterocycles. The fourth-order valence-electron chi connectivity index (χ4n) is 2.37. The number of nitrogens with zero attached hydrogens (tertiary/aromatic N) is 3. The molecule has 0 aromatic carbocycles. The Morgan fingerprint density at radius 1 is 1.32 bits per heavy atom. The van der Waals surface area contributed by atoms with Crippen LogP contribution in [0.4, 0.5) is 5.82 Å². The molecule has 0 amide bonds. The van der Waals surface area contributed by atoms with Gasteiger partial charge in [0.1, 0.15) is 5.82 Å². The number of hydrogen-bond acceptors (Lipinski definition) is 4. The first-order valence-corrected chi connectivity index (χ1v) is 7.55. The number of aryl methyl sites for hydroxylation is 1. The Hall–Kier alpha value is -0.650. The van der Waals surface area contributed by atoms with E-state index < -0.39 is 0 Å². The zero-order valence-corrected chi connectivity index (χ0v) is 13.6. The summed E-state index contributed by atoms with van der Waals surface area (Å²) in [5.41, 5.74) is 7.17. The maximum Gasteiger partial charge on any atom is 0.128 e. The van der Waals surface area contributed by atoms with Gasteiger partial charge < -0.3 is 10.6 Å². The molecule has 1 aliphatic rings. The molecule has 1 fully saturated rings. The molecule has 2 rings (SSSR count). The Balaban J connectivity index is 2.02. The average Bonchev–Trinajstić information content (AvgIpc) is 2.42. The molecule has 0 aliphatic carbocycles. The highest BCUT2D eigenvalue weighted by Crippen LogP contribution is 2.22. The second-order valence-electron chi connectivity index (χ2n) is 5.78. The topological polar surface area (TPSA) is 45.4 Å². The van der Waals surface area contributed by atoms with Crippen molar-refractivity contribution in [2.24, 2.45) is 5.73 Å². The van der Waals surface area contributed by atoms with Crippen molar-refractivity contribution >= 4 is 21.7 Å². The van der Waals surface area contributed by atoms with Crippen molar-refractivity contribution in [2.75, 3.05) is 37.6 Å². The van der Waals surface area contributed by atoms with Gasteiger partial charge in [-0.1, -0.05) is 0 Å². The Labute approximate surface area is 124 Å². The van der Waals surface area contributed by atoms with Gasteiger partial charge in [0.15, 0.2) is 0 Å². The molecule has 19 heavy (non-hydrogen) atoms. The maximum absolute atomic E-state index is 5.85. The van der Waals surface area contributed by atoms with Crippen LogP contribution in [0.15, 0.2) is 16.7 Å². The molecule has 2 N–H and O–H groups in total. The van der Waals surface area contributed by atoms with Crippen LogP contribution in [0.1, 0.15) is 19.4 Å².